The number of non-ortho nitro benzene ring substituents is 1. The molecule has 1 aliphatic rings. The first-order valence-electron chi connectivity index (χ1n) is 7.81. The lowest BCUT2D eigenvalue weighted by atomic mass is 9.96. The van der Waals surface area contributed by atoms with E-state index in [0.717, 1.165) is 17.0 Å². The predicted molar refractivity (Wildman–Crippen MR) is 82.6 cm³/mol. The van der Waals surface area contributed by atoms with Gasteiger partial charge in [-0.05, 0) is 12.1 Å². The van der Waals surface area contributed by atoms with Gasteiger partial charge in [-0.25, -0.2) is 4.98 Å². The standard InChI is InChI=1S/C16H18N4O4/c1-2-14-15-13(17-10-18-15)7-8-20(14,16(21)22)9-11-3-5-12(6-4-11)19(23)24/h3-6,10,14H,2,7-9H2,1H3,(H-,17,18,21,22). The lowest BCUT2D eigenvalue weighted by Gasteiger charge is -2.46. The van der Waals surface area contributed by atoms with E-state index in [1.165, 1.54) is 12.1 Å². The van der Waals surface area contributed by atoms with Crippen molar-refractivity contribution in [2.24, 2.45) is 0 Å². The Kier molecular flexibility index (Phi) is 4.06. The fourth-order valence-corrected chi connectivity index (χ4v) is 3.58. The molecule has 0 fully saturated rings. The maximum Gasteiger partial charge on any atom is 0.269 e. The fourth-order valence-electron chi connectivity index (χ4n) is 3.58. The molecule has 0 aliphatic carbocycles. The van der Waals surface area contributed by atoms with Crippen molar-refractivity contribution < 1.29 is 19.3 Å². The Hall–Kier alpha value is -2.74. The minimum atomic E-state index is -1.14. The smallest absolute Gasteiger partial charge is 0.269 e. The number of hydrogen-bond donors (Lipinski definition) is 1. The molecule has 2 atom stereocenters. The second-order valence-corrected chi connectivity index (χ2v) is 6.05. The van der Waals surface area contributed by atoms with E-state index >= 15 is 0 Å². The van der Waals surface area contributed by atoms with E-state index < -0.39 is 11.0 Å². The summed E-state index contributed by atoms with van der Waals surface area (Å²) in [4.78, 5) is 29.8. The Morgan fingerprint density at radius 3 is 2.71 bits per heavy atom. The molecule has 24 heavy (non-hydrogen) atoms. The molecule has 1 N–H and O–H groups in total. The van der Waals surface area contributed by atoms with Crippen LogP contribution in [-0.2, 0) is 13.0 Å². The van der Waals surface area contributed by atoms with Crippen LogP contribution < -0.4 is 5.11 Å². The zero-order valence-electron chi connectivity index (χ0n) is 13.3. The highest BCUT2D eigenvalue weighted by Gasteiger charge is 2.45. The molecule has 0 saturated heterocycles. The Balaban J connectivity index is 1.97. The van der Waals surface area contributed by atoms with Gasteiger partial charge in [0.1, 0.15) is 18.3 Å². The molecule has 1 aromatic heterocycles. The normalized spacial score (nSPS) is 22.8. The van der Waals surface area contributed by atoms with E-state index in [4.69, 9.17) is 0 Å². The van der Waals surface area contributed by atoms with Crippen molar-refractivity contribution in [3.05, 3.63) is 57.7 Å². The van der Waals surface area contributed by atoms with Crippen molar-refractivity contribution >= 4 is 11.8 Å². The number of carbonyl (C=O) groups excluding carboxylic acids is 1. The van der Waals surface area contributed by atoms with Crippen LogP contribution in [0.15, 0.2) is 30.6 Å². The van der Waals surface area contributed by atoms with E-state index in [9.17, 15) is 20.0 Å². The van der Waals surface area contributed by atoms with Crippen molar-refractivity contribution in [2.75, 3.05) is 6.54 Å². The fraction of sp³-hybridized carbons (Fsp3) is 0.375. The van der Waals surface area contributed by atoms with Crippen LogP contribution in [0, 0.1) is 10.1 Å². The summed E-state index contributed by atoms with van der Waals surface area (Å²) in [7, 11) is 0. The number of hydrogen-bond acceptors (Lipinski definition) is 5. The summed E-state index contributed by atoms with van der Waals surface area (Å²) in [5.41, 5.74) is 2.46. The van der Waals surface area contributed by atoms with Crippen molar-refractivity contribution in [1.82, 2.24) is 9.97 Å². The molecule has 126 valence electrons. The van der Waals surface area contributed by atoms with Crippen molar-refractivity contribution in [1.29, 1.82) is 0 Å². The van der Waals surface area contributed by atoms with E-state index in [1.807, 2.05) is 6.92 Å². The van der Waals surface area contributed by atoms with Gasteiger partial charge in [-0.2, -0.15) is 0 Å². The molecule has 0 spiro atoms. The third-order valence-electron chi connectivity index (χ3n) is 4.79. The summed E-state index contributed by atoms with van der Waals surface area (Å²) in [6, 6.07) is 5.69. The van der Waals surface area contributed by atoms with Crippen LogP contribution in [0.4, 0.5) is 10.5 Å². The minimum absolute atomic E-state index is 0.0148. The number of aromatic amines is 1. The van der Waals surface area contributed by atoms with Crippen LogP contribution in [0.5, 0.6) is 0 Å². The number of amides is 1. The van der Waals surface area contributed by atoms with Gasteiger partial charge in [0.25, 0.3) is 11.8 Å². The zero-order valence-corrected chi connectivity index (χ0v) is 13.3. The number of nitrogens with zero attached hydrogens (tertiary/aromatic N) is 3. The molecular formula is C16H18N4O4. The van der Waals surface area contributed by atoms with Crippen LogP contribution in [0.1, 0.15) is 36.3 Å². The second kappa shape index (κ2) is 6.04. The number of carbonyl (C=O) groups is 1. The van der Waals surface area contributed by atoms with Crippen LogP contribution in [0.2, 0.25) is 0 Å². The maximum absolute atomic E-state index is 12.1. The highest BCUT2D eigenvalue weighted by molar-refractivity contribution is 5.55. The summed E-state index contributed by atoms with van der Waals surface area (Å²) in [5.74, 6) is 0. The van der Waals surface area contributed by atoms with Crippen molar-refractivity contribution in [3.8, 4) is 0 Å². The molecule has 0 bridgehead atoms. The molecule has 2 heterocycles. The van der Waals surface area contributed by atoms with Crippen LogP contribution in [-0.4, -0.2) is 32.0 Å². The summed E-state index contributed by atoms with van der Waals surface area (Å²) in [6.45, 7) is 2.54. The van der Waals surface area contributed by atoms with E-state index in [0.29, 0.717) is 19.4 Å². The van der Waals surface area contributed by atoms with Gasteiger partial charge in [-0.15, -0.1) is 0 Å². The van der Waals surface area contributed by atoms with Crippen molar-refractivity contribution in [3.63, 3.8) is 0 Å². The van der Waals surface area contributed by atoms with Crippen LogP contribution in [0.3, 0.4) is 0 Å². The van der Waals surface area contributed by atoms with Gasteiger partial charge < -0.3 is 14.9 Å². The minimum Gasteiger partial charge on any atom is -0.498 e. The first-order valence-corrected chi connectivity index (χ1v) is 7.81. The number of nitro groups is 1. The number of fused-ring (bicyclic) bond motifs is 1. The Bertz CT molecular complexity index is 771. The number of benzene rings is 1. The summed E-state index contributed by atoms with van der Waals surface area (Å²) in [5, 5.41) is 22.8. The van der Waals surface area contributed by atoms with Gasteiger partial charge in [0.2, 0.25) is 0 Å². The average molecular weight is 330 g/mol. The highest BCUT2D eigenvalue weighted by Crippen LogP contribution is 2.38. The molecule has 0 radical (unpaired) electrons. The molecule has 0 saturated carbocycles. The lowest BCUT2D eigenvalue weighted by Crippen LogP contribution is -2.62. The molecule has 8 nitrogen and oxygen atoms in total. The number of H-pyrrole nitrogens is 1. The number of nitro benzene ring substituents is 1. The summed E-state index contributed by atoms with van der Waals surface area (Å²) >= 11 is 0. The van der Waals surface area contributed by atoms with E-state index in [2.05, 4.69) is 9.97 Å². The average Bonchev–Trinajstić information content (AvgIpc) is 3.03. The van der Waals surface area contributed by atoms with E-state index in [1.54, 1.807) is 18.5 Å². The number of imidazole rings is 1. The number of nitrogens with one attached hydrogen (secondary N) is 1. The topological polar surface area (TPSA) is 112 Å². The Morgan fingerprint density at radius 2 is 2.12 bits per heavy atom. The molecule has 2 unspecified atom stereocenters. The molecule has 8 heteroatoms. The Labute approximate surface area is 138 Å². The van der Waals surface area contributed by atoms with Crippen LogP contribution >= 0.6 is 0 Å². The van der Waals surface area contributed by atoms with Crippen molar-refractivity contribution in [2.45, 2.75) is 32.4 Å². The van der Waals surface area contributed by atoms with Gasteiger partial charge in [0, 0.05) is 36.2 Å². The number of rotatable bonds is 4. The van der Waals surface area contributed by atoms with Gasteiger partial charge in [0.15, 0.2) is 0 Å². The van der Waals surface area contributed by atoms with Gasteiger partial charge in [-0.3, -0.25) is 14.6 Å². The second-order valence-electron chi connectivity index (χ2n) is 6.05. The molecule has 1 aliphatic heterocycles. The first-order chi connectivity index (χ1) is 11.5. The Morgan fingerprint density at radius 1 is 1.42 bits per heavy atom. The summed E-state index contributed by atoms with van der Waals surface area (Å²) in [6.07, 6.45) is 1.63. The van der Waals surface area contributed by atoms with Crippen LogP contribution in [0.25, 0.3) is 0 Å². The number of quaternary nitrogens is 1. The lowest BCUT2D eigenvalue weighted by molar-refractivity contribution is -0.920. The van der Waals surface area contributed by atoms with Gasteiger partial charge in [0.05, 0.1) is 17.8 Å². The molecule has 2 aromatic rings. The van der Waals surface area contributed by atoms with Gasteiger partial charge in [-0.1, -0.05) is 6.92 Å². The quantitative estimate of drug-likeness (QED) is 0.521. The monoisotopic (exact) mass is 330 g/mol. The molecule has 3 rings (SSSR count). The molecule has 1 amide bonds. The molecule has 1 aromatic carbocycles. The highest BCUT2D eigenvalue weighted by atomic mass is 16.6. The SMILES string of the molecule is CCC1c2nc[nH]c2CC[N+]1(Cc1ccc([N+](=O)[O-])cc1)C(=O)[O-]. The summed E-state index contributed by atoms with van der Waals surface area (Å²) < 4.78 is -0.244. The first kappa shape index (κ1) is 16.1. The third kappa shape index (κ3) is 2.54. The molecular weight excluding hydrogens is 312 g/mol. The van der Waals surface area contributed by atoms with E-state index in [-0.39, 0.29) is 22.8 Å². The predicted octanol–water partition coefficient (Wildman–Crippen LogP) is 1.69. The van der Waals surface area contributed by atoms with Gasteiger partial charge >= 0.3 is 0 Å². The number of aromatic nitrogens is 2. The zero-order chi connectivity index (χ0) is 17.3. The maximum atomic E-state index is 12.1. The third-order valence-corrected chi connectivity index (χ3v) is 4.79. The largest absolute Gasteiger partial charge is 0.498 e. The number of carboxylic acid groups (broad SMARTS) is 1.